The Hall–Kier alpha value is -1.10. The van der Waals surface area contributed by atoms with E-state index in [-0.39, 0.29) is 6.04 Å². The maximum atomic E-state index is 10.7. The van der Waals surface area contributed by atoms with Crippen LogP contribution in [0.4, 0.5) is 0 Å². The van der Waals surface area contributed by atoms with Crippen molar-refractivity contribution in [1.29, 1.82) is 0 Å². The first-order chi connectivity index (χ1) is 5.11. The first kappa shape index (κ1) is 9.90. The molecule has 0 fully saturated rings. The summed E-state index contributed by atoms with van der Waals surface area (Å²) in [6, 6.07) is -0.000185. The van der Waals surface area contributed by atoms with E-state index >= 15 is 0 Å². The Balaban J connectivity index is 3.77. The Morgan fingerprint density at radius 3 is 2.36 bits per heavy atom. The minimum absolute atomic E-state index is 0.000185. The van der Waals surface area contributed by atoms with Crippen molar-refractivity contribution in [2.45, 2.75) is 26.3 Å². The predicted octanol–water partition coefficient (Wildman–Crippen LogP) is -1.11. The fraction of sp³-hybridized carbons (Fsp3) is 0.667. The van der Waals surface area contributed by atoms with E-state index in [1.54, 1.807) is 5.43 Å². The van der Waals surface area contributed by atoms with Gasteiger partial charge in [-0.25, -0.2) is 5.84 Å². The van der Waals surface area contributed by atoms with Gasteiger partial charge in [0.2, 0.25) is 0 Å². The number of nitrogens with one attached hydrogen (secondary N) is 2. The summed E-state index contributed by atoms with van der Waals surface area (Å²) < 4.78 is 0. The molecule has 0 aromatic rings. The van der Waals surface area contributed by atoms with Gasteiger partial charge in [0.25, 0.3) is 0 Å². The lowest BCUT2D eigenvalue weighted by molar-refractivity contribution is -0.139. The van der Waals surface area contributed by atoms with Gasteiger partial charge < -0.3 is 5.32 Å². The van der Waals surface area contributed by atoms with Crippen molar-refractivity contribution in [3.8, 4) is 0 Å². The smallest absolute Gasteiger partial charge is 0.323 e. The van der Waals surface area contributed by atoms with Crippen LogP contribution in [0.15, 0.2) is 0 Å². The summed E-state index contributed by atoms with van der Waals surface area (Å²) in [6.45, 7) is 3.72. The quantitative estimate of drug-likeness (QED) is 0.207. The van der Waals surface area contributed by atoms with E-state index in [9.17, 15) is 9.59 Å². The molecule has 0 saturated carbocycles. The third kappa shape index (κ3) is 3.57. The molecule has 5 heteroatoms. The van der Waals surface area contributed by atoms with E-state index in [1.807, 2.05) is 13.8 Å². The van der Waals surface area contributed by atoms with Gasteiger partial charge in [0.1, 0.15) is 0 Å². The second kappa shape index (κ2) is 4.68. The van der Waals surface area contributed by atoms with Gasteiger partial charge >= 0.3 is 11.8 Å². The fourth-order valence-electron chi connectivity index (χ4n) is 0.457. The highest BCUT2D eigenvalue weighted by Gasteiger charge is 2.12. The summed E-state index contributed by atoms with van der Waals surface area (Å²) in [6.07, 6.45) is 0.781. The molecule has 0 bridgehead atoms. The average Bonchev–Trinajstić information content (AvgIpc) is 2.02. The standard InChI is InChI=1S/C6H13N3O2/c1-3-4(2)8-5(10)6(11)9-7/h4H,3,7H2,1-2H3,(H,8,10)(H,9,11)/t4-/m0/s1. The van der Waals surface area contributed by atoms with Crippen LogP contribution in [-0.4, -0.2) is 17.9 Å². The summed E-state index contributed by atoms with van der Waals surface area (Å²) in [4.78, 5) is 21.3. The predicted molar refractivity (Wildman–Crippen MR) is 40.2 cm³/mol. The van der Waals surface area contributed by atoms with E-state index in [1.165, 1.54) is 0 Å². The minimum atomic E-state index is -0.815. The minimum Gasteiger partial charge on any atom is -0.345 e. The van der Waals surface area contributed by atoms with Crippen LogP contribution < -0.4 is 16.6 Å². The molecule has 0 rings (SSSR count). The van der Waals surface area contributed by atoms with E-state index < -0.39 is 11.8 Å². The van der Waals surface area contributed by atoms with Crippen LogP contribution in [0.1, 0.15) is 20.3 Å². The van der Waals surface area contributed by atoms with E-state index in [2.05, 4.69) is 5.32 Å². The molecule has 0 spiro atoms. The van der Waals surface area contributed by atoms with E-state index in [0.717, 1.165) is 6.42 Å². The number of carbonyl (C=O) groups is 2. The number of hydrogen-bond donors (Lipinski definition) is 3. The number of hydrogen-bond acceptors (Lipinski definition) is 3. The van der Waals surface area contributed by atoms with Crippen LogP contribution in [0.5, 0.6) is 0 Å². The highest BCUT2D eigenvalue weighted by Crippen LogP contribution is 1.86. The molecule has 1 atom stereocenters. The van der Waals surface area contributed by atoms with Crippen LogP contribution in [0, 0.1) is 0 Å². The molecule has 11 heavy (non-hydrogen) atoms. The van der Waals surface area contributed by atoms with Gasteiger partial charge in [-0.1, -0.05) is 6.92 Å². The molecular formula is C6H13N3O2. The van der Waals surface area contributed by atoms with Crippen LogP contribution in [0.2, 0.25) is 0 Å². The Bertz CT molecular complexity index is 158. The van der Waals surface area contributed by atoms with E-state index in [0.29, 0.717) is 0 Å². The van der Waals surface area contributed by atoms with Crippen LogP contribution >= 0.6 is 0 Å². The zero-order chi connectivity index (χ0) is 8.85. The maximum absolute atomic E-state index is 10.7. The lowest BCUT2D eigenvalue weighted by Gasteiger charge is -2.09. The van der Waals surface area contributed by atoms with Gasteiger partial charge in [0, 0.05) is 6.04 Å². The molecule has 0 aliphatic carbocycles. The molecule has 0 unspecified atom stereocenters. The van der Waals surface area contributed by atoms with Gasteiger partial charge in [0.15, 0.2) is 0 Å². The fourth-order valence-corrected chi connectivity index (χ4v) is 0.457. The molecule has 0 aromatic carbocycles. The number of carbonyl (C=O) groups excluding carboxylic acids is 2. The summed E-state index contributed by atoms with van der Waals surface area (Å²) >= 11 is 0. The molecule has 0 aliphatic rings. The summed E-state index contributed by atoms with van der Waals surface area (Å²) in [5, 5.41) is 2.45. The molecular weight excluding hydrogens is 146 g/mol. The van der Waals surface area contributed by atoms with Crippen molar-refractivity contribution in [2.24, 2.45) is 5.84 Å². The van der Waals surface area contributed by atoms with Crippen molar-refractivity contribution >= 4 is 11.8 Å². The number of rotatable bonds is 2. The molecule has 5 nitrogen and oxygen atoms in total. The third-order valence-electron chi connectivity index (χ3n) is 1.33. The summed E-state index contributed by atoms with van der Waals surface area (Å²) in [5.41, 5.74) is 1.74. The molecule has 0 saturated heterocycles. The average molecular weight is 159 g/mol. The molecule has 4 N–H and O–H groups in total. The van der Waals surface area contributed by atoms with Gasteiger partial charge in [-0.2, -0.15) is 0 Å². The highest BCUT2D eigenvalue weighted by molar-refractivity contribution is 6.34. The summed E-state index contributed by atoms with van der Waals surface area (Å²) in [5.74, 6) is 3.22. The number of hydrazine groups is 1. The summed E-state index contributed by atoms with van der Waals surface area (Å²) in [7, 11) is 0. The van der Waals surface area contributed by atoms with Crippen LogP contribution in [-0.2, 0) is 9.59 Å². The zero-order valence-corrected chi connectivity index (χ0v) is 6.68. The first-order valence-electron chi connectivity index (χ1n) is 3.43. The zero-order valence-electron chi connectivity index (χ0n) is 6.68. The Kier molecular flexibility index (Phi) is 4.21. The van der Waals surface area contributed by atoms with Gasteiger partial charge in [0.05, 0.1) is 0 Å². The highest BCUT2D eigenvalue weighted by atomic mass is 16.2. The monoisotopic (exact) mass is 159 g/mol. The van der Waals surface area contributed by atoms with Gasteiger partial charge in [-0.15, -0.1) is 0 Å². The van der Waals surface area contributed by atoms with Crippen molar-refractivity contribution in [3.63, 3.8) is 0 Å². The second-order valence-electron chi connectivity index (χ2n) is 2.26. The van der Waals surface area contributed by atoms with Gasteiger partial charge in [-0.05, 0) is 13.3 Å². The molecule has 0 aliphatic heterocycles. The normalized spacial score (nSPS) is 11.9. The van der Waals surface area contributed by atoms with Crippen molar-refractivity contribution in [2.75, 3.05) is 0 Å². The number of amides is 2. The van der Waals surface area contributed by atoms with Crippen molar-refractivity contribution in [3.05, 3.63) is 0 Å². The van der Waals surface area contributed by atoms with Crippen molar-refractivity contribution < 1.29 is 9.59 Å². The lowest BCUT2D eigenvalue weighted by atomic mass is 10.2. The molecule has 0 aromatic heterocycles. The van der Waals surface area contributed by atoms with Gasteiger partial charge in [-0.3, -0.25) is 15.0 Å². The third-order valence-corrected chi connectivity index (χ3v) is 1.33. The van der Waals surface area contributed by atoms with Crippen LogP contribution in [0.3, 0.4) is 0 Å². The Morgan fingerprint density at radius 2 is 2.00 bits per heavy atom. The van der Waals surface area contributed by atoms with E-state index in [4.69, 9.17) is 5.84 Å². The second-order valence-corrected chi connectivity index (χ2v) is 2.26. The topological polar surface area (TPSA) is 84.2 Å². The first-order valence-corrected chi connectivity index (χ1v) is 3.43. The SMILES string of the molecule is CC[C@H](C)NC(=O)C(=O)NN. The molecule has 64 valence electrons. The molecule has 2 amide bonds. The molecule has 0 radical (unpaired) electrons. The Morgan fingerprint density at radius 1 is 1.45 bits per heavy atom. The van der Waals surface area contributed by atoms with Crippen LogP contribution in [0.25, 0.3) is 0 Å². The molecule has 0 heterocycles. The van der Waals surface area contributed by atoms with Crippen molar-refractivity contribution in [1.82, 2.24) is 10.7 Å². The largest absolute Gasteiger partial charge is 0.345 e. The Labute approximate surface area is 65.3 Å². The maximum Gasteiger partial charge on any atom is 0.323 e. The number of nitrogens with two attached hydrogens (primary N) is 1. The lowest BCUT2D eigenvalue weighted by Crippen LogP contribution is -2.45.